The standard InChI is InChI=1S/C21H32N2O3S/c24-15-17-5-10-22(11-6-17)21(25)20-4-3-19(27-20)18-2-1-9-23(18)14-16-7-12-26-13-8-16/h3-4,16-18,24H,1-2,5-15H2/t18-/m0/s1. The Morgan fingerprint density at radius 1 is 1.07 bits per heavy atom. The minimum absolute atomic E-state index is 0.177. The van der Waals surface area contributed by atoms with Gasteiger partial charge in [0.05, 0.1) is 4.88 Å². The highest BCUT2D eigenvalue weighted by Gasteiger charge is 2.31. The molecule has 0 saturated carbocycles. The van der Waals surface area contributed by atoms with E-state index in [1.807, 2.05) is 11.0 Å². The molecule has 3 saturated heterocycles. The molecular formula is C21H32N2O3S. The van der Waals surface area contributed by atoms with Gasteiger partial charge in [0.2, 0.25) is 0 Å². The molecule has 4 rings (SSSR count). The molecule has 0 unspecified atom stereocenters. The average Bonchev–Trinajstić information content (AvgIpc) is 3.37. The molecule has 150 valence electrons. The van der Waals surface area contributed by atoms with Crippen LogP contribution in [-0.2, 0) is 4.74 Å². The lowest BCUT2D eigenvalue weighted by atomic mass is 9.98. The fourth-order valence-corrected chi connectivity index (χ4v) is 5.89. The van der Waals surface area contributed by atoms with Crippen molar-refractivity contribution < 1.29 is 14.6 Å². The summed E-state index contributed by atoms with van der Waals surface area (Å²) in [5.41, 5.74) is 0. The summed E-state index contributed by atoms with van der Waals surface area (Å²) in [7, 11) is 0. The van der Waals surface area contributed by atoms with Gasteiger partial charge in [-0.15, -0.1) is 11.3 Å². The molecule has 0 bridgehead atoms. The molecule has 3 aliphatic heterocycles. The number of nitrogens with zero attached hydrogens (tertiary/aromatic N) is 2. The van der Waals surface area contributed by atoms with Crippen molar-refractivity contribution in [3.63, 3.8) is 0 Å². The number of aliphatic hydroxyl groups excluding tert-OH is 1. The SMILES string of the molecule is O=C(c1ccc([C@@H]2CCCN2CC2CCOCC2)s1)N1CCC(CO)CC1. The zero-order chi connectivity index (χ0) is 18.6. The van der Waals surface area contributed by atoms with Gasteiger partial charge in [-0.1, -0.05) is 0 Å². The molecular weight excluding hydrogens is 360 g/mol. The van der Waals surface area contributed by atoms with Crippen molar-refractivity contribution in [1.29, 1.82) is 0 Å². The van der Waals surface area contributed by atoms with Crippen LogP contribution in [0, 0.1) is 11.8 Å². The van der Waals surface area contributed by atoms with Crippen molar-refractivity contribution in [3.8, 4) is 0 Å². The predicted molar refractivity (Wildman–Crippen MR) is 107 cm³/mol. The number of piperidine rings is 1. The van der Waals surface area contributed by atoms with Crippen LogP contribution < -0.4 is 0 Å². The first-order valence-corrected chi connectivity index (χ1v) is 11.4. The largest absolute Gasteiger partial charge is 0.396 e. The van der Waals surface area contributed by atoms with Gasteiger partial charge in [0.25, 0.3) is 5.91 Å². The fraction of sp³-hybridized carbons (Fsp3) is 0.762. The highest BCUT2D eigenvalue weighted by Crippen LogP contribution is 2.37. The summed E-state index contributed by atoms with van der Waals surface area (Å²) in [4.78, 5) is 19.7. The van der Waals surface area contributed by atoms with Gasteiger partial charge >= 0.3 is 0 Å². The summed E-state index contributed by atoms with van der Waals surface area (Å²) in [5, 5.41) is 9.29. The first-order chi connectivity index (χ1) is 13.2. The monoisotopic (exact) mass is 392 g/mol. The van der Waals surface area contributed by atoms with Crippen molar-refractivity contribution >= 4 is 17.2 Å². The molecule has 27 heavy (non-hydrogen) atoms. The molecule has 4 heterocycles. The summed E-state index contributed by atoms with van der Waals surface area (Å²) in [5.74, 6) is 1.30. The molecule has 1 aromatic heterocycles. The Hall–Kier alpha value is -0.950. The topological polar surface area (TPSA) is 53.0 Å². The average molecular weight is 393 g/mol. The second-order valence-corrected chi connectivity index (χ2v) is 9.44. The Labute approximate surface area is 166 Å². The molecule has 0 aliphatic carbocycles. The third kappa shape index (κ3) is 4.56. The van der Waals surface area contributed by atoms with Gasteiger partial charge in [-0.05, 0) is 69.0 Å². The second-order valence-electron chi connectivity index (χ2n) is 8.33. The van der Waals surface area contributed by atoms with E-state index in [1.165, 1.54) is 43.6 Å². The van der Waals surface area contributed by atoms with Gasteiger partial charge in [-0.3, -0.25) is 9.69 Å². The van der Waals surface area contributed by atoms with Gasteiger partial charge in [0.15, 0.2) is 0 Å². The third-order valence-corrected chi connectivity index (χ3v) is 7.70. The molecule has 1 amide bonds. The number of thiophene rings is 1. The minimum Gasteiger partial charge on any atom is -0.396 e. The maximum Gasteiger partial charge on any atom is 0.263 e. The van der Waals surface area contributed by atoms with E-state index in [4.69, 9.17) is 4.74 Å². The number of aliphatic hydroxyl groups is 1. The molecule has 0 radical (unpaired) electrons. The Balaban J connectivity index is 1.37. The van der Waals surface area contributed by atoms with E-state index in [2.05, 4.69) is 11.0 Å². The van der Waals surface area contributed by atoms with Crippen LogP contribution in [0.1, 0.15) is 59.1 Å². The van der Waals surface area contributed by atoms with Crippen LogP contribution in [0.3, 0.4) is 0 Å². The van der Waals surface area contributed by atoms with E-state index < -0.39 is 0 Å². The second kappa shape index (κ2) is 9.03. The smallest absolute Gasteiger partial charge is 0.263 e. The third-order valence-electron chi connectivity index (χ3n) is 6.52. The van der Waals surface area contributed by atoms with Crippen molar-refractivity contribution in [2.75, 3.05) is 46.0 Å². The van der Waals surface area contributed by atoms with Crippen molar-refractivity contribution in [2.24, 2.45) is 11.8 Å². The lowest BCUT2D eigenvalue weighted by molar-refractivity contribution is 0.0508. The number of likely N-dealkylation sites (tertiary alicyclic amines) is 2. The summed E-state index contributed by atoms with van der Waals surface area (Å²) in [6, 6.07) is 4.70. The molecule has 5 nitrogen and oxygen atoms in total. The van der Waals surface area contributed by atoms with Gasteiger partial charge in [-0.25, -0.2) is 0 Å². The Morgan fingerprint density at radius 2 is 1.85 bits per heavy atom. The predicted octanol–water partition coefficient (Wildman–Crippen LogP) is 3.16. The molecule has 3 aliphatic rings. The molecule has 1 atom stereocenters. The van der Waals surface area contributed by atoms with Crippen LogP contribution in [0.2, 0.25) is 0 Å². The summed E-state index contributed by atoms with van der Waals surface area (Å²) >= 11 is 1.70. The van der Waals surface area contributed by atoms with Gasteiger partial charge in [0.1, 0.15) is 0 Å². The zero-order valence-corrected chi connectivity index (χ0v) is 17.0. The quantitative estimate of drug-likeness (QED) is 0.836. The zero-order valence-electron chi connectivity index (χ0n) is 16.1. The Morgan fingerprint density at radius 3 is 2.59 bits per heavy atom. The highest BCUT2D eigenvalue weighted by molar-refractivity contribution is 7.14. The fourth-order valence-electron chi connectivity index (χ4n) is 4.75. The van der Waals surface area contributed by atoms with Gasteiger partial charge in [-0.2, -0.15) is 0 Å². The van der Waals surface area contributed by atoms with E-state index in [9.17, 15) is 9.90 Å². The van der Waals surface area contributed by atoms with E-state index in [0.717, 1.165) is 49.9 Å². The molecule has 1 N–H and O–H groups in total. The molecule has 0 aromatic carbocycles. The molecule has 6 heteroatoms. The van der Waals surface area contributed by atoms with Crippen LogP contribution in [0.5, 0.6) is 0 Å². The Bertz CT molecular complexity index is 621. The van der Waals surface area contributed by atoms with Crippen molar-refractivity contribution in [3.05, 3.63) is 21.9 Å². The lowest BCUT2D eigenvalue weighted by Crippen LogP contribution is -2.38. The number of ether oxygens (including phenoxy) is 1. The number of rotatable bonds is 5. The maximum atomic E-state index is 12.9. The number of carbonyl (C=O) groups is 1. The van der Waals surface area contributed by atoms with Crippen LogP contribution in [0.25, 0.3) is 0 Å². The van der Waals surface area contributed by atoms with E-state index >= 15 is 0 Å². The van der Waals surface area contributed by atoms with E-state index in [-0.39, 0.29) is 12.5 Å². The summed E-state index contributed by atoms with van der Waals surface area (Å²) in [6.45, 7) is 5.96. The van der Waals surface area contributed by atoms with Crippen LogP contribution in [0.15, 0.2) is 12.1 Å². The lowest BCUT2D eigenvalue weighted by Gasteiger charge is -2.31. The highest BCUT2D eigenvalue weighted by atomic mass is 32.1. The van der Waals surface area contributed by atoms with Crippen LogP contribution in [0.4, 0.5) is 0 Å². The van der Waals surface area contributed by atoms with E-state index in [0.29, 0.717) is 12.0 Å². The maximum absolute atomic E-state index is 12.9. The minimum atomic E-state index is 0.177. The van der Waals surface area contributed by atoms with Gasteiger partial charge in [0, 0.05) is 50.4 Å². The number of amides is 1. The summed E-state index contributed by atoms with van der Waals surface area (Å²) < 4.78 is 5.50. The molecule has 0 spiro atoms. The van der Waals surface area contributed by atoms with Crippen molar-refractivity contribution in [1.82, 2.24) is 9.80 Å². The number of hydrogen-bond donors (Lipinski definition) is 1. The molecule has 1 aromatic rings. The van der Waals surface area contributed by atoms with Gasteiger partial charge < -0.3 is 14.7 Å². The number of carbonyl (C=O) groups excluding carboxylic acids is 1. The van der Waals surface area contributed by atoms with Crippen molar-refractivity contribution in [2.45, 2.75) is 44.6 Å². The molecule has 3 fully saturated rings. The number of hydrogen-bond acceptors (Lipinski definition) is 5. The first-order valence-electron chi connectivity index (χ1n) is 10.6. The van der Waals surface area contributed by atoms with Crippen LogP contribution >= 0.6 is 11.3 Å². The normalized spacial score (nSPS) is 26.0. The summed E-state index contributed by atoms with van der Waals surface area (Å²) in [6.07, 6.45) is 6.66. The van der Waals surface area contributed by atoms with Crippen LogP contribution in [-0.4, -0.2) is 66.8 Å². The van der Waals surface area contributed by atoms with E-state index in [1.54, 1.807) is 11.3 Å². The first kappa shape index (κ1) is 19.4. The Kier molecular flexibility index (Phi) is 6.48.